The second-order valence-corrected chi connectivity index (χ2v) is 7.16. The maximum atomic E-state index is 12.3. The Bertz CT molecular complexity index is 948. The van der Waals surface area contributed by atoms with E-state index < -0.39 is 24.0 Å². The van der Waals surface area contributed by atoms with Crippen LogP contribution in [0.5, 0.6) is 5.75 Å². The second kappa shape index (κ2) is 8.46. The third kappa shape index (κ3) is 4.18. The Morgan fingerprint density at radius 1 is 1.29 bits per heavy atom. The Labute approximate surface area is 162 Å². The van der Waals surface area contributed by atoms with Crippen LogP contribution >= 0.6 is 0 Å². The van der Waals surface area contributed by atoms with Gasteiger partial charge in [-0.3, -0.25) is 4.79 Å². The molecule has 0 saturated carbocycles. The van der Waals surface area contributed by atoms with Crippen LogP contribution < -0.4 is 15.7 Å². The molecule has 0 spiro atoms. The monoisotopic (exact) mass is 387 g/mol. The highest BCUT2D eigenvalue weighted by molar-refractivity contribution is 5.86. The fourth-order valence-corrected chi connectivity index (χ4v) is 3.55. The summed E-state index contributed by atoms with van der Waals surface area (Å²) >= 11 is 0. The quantitative estimate of drug-likeness (QED) is 0.675. The number of carbonyl (C=O) groups is 2. The molecule has 0 saturated heterocycles. The van der Waals surface area contributed by atoms with Gasteiger partial charge in [-0.1, -0.05) is 19.8 Å². The maximum Gasteiger partial charge on any atom is 0.339 e. The molecule has 1 aromatic heterocycles. The largest absolute Gasteiger partial charge is 0.481 e. The first-order valence-corrected chi connectivity index (χ1v) is 9.69. The van der Waals surface area contributed by atoms with Crippen molar-refractivity contribution in [2.75, 3.05) is 0 Å². The molecule has 0 radical (unpaired) electrons. The summed E-state index contributed by atoms with van der Waals surface area (Å²) in [4.78, 5) is 35.7. The van der Waals surface area contributed by atoms with Crippen molar-refractivity contribution in [3.63, 3.8) is 0 Å². The lowest BCUT2D eigenvalue weighted by Crippen LogP contribution is -2.46. The summed E-state index contributed by atoms with van der Waals surface area (Å²) in [6, 6.07) is 4.24. The van der Waals surface area contributed by atoms with Gasteiger partial charge in [0, 0.05) is 17.0 Å². The summed E-state index contributed by atoms with van der Waals surface area (Å²) in [5.41, 5.74) is 1.90. The van der Waals surface area contributed by atoms with Crippen LogP contribution in [0.15, 0.2) is 27.4 Å². The number of hydrogen-bond donors (Lipinski definition) is 2. The van der Waals surface area contributed by atoms with E-state index in [2.05, 4.69) is 5.32 Å². The van der Waals surface area contributed by atoms with Crippen LogP contribution in [0.2, 0.25) is 0 Å². The number of aryl methyl sites for hydroxylation is 1. The van der Waals surface area contributed by atoms with Gasteiger partial charge in [0.05, 0.1) is 0 Å². The van der Waals surface area contributed by atoms with E-state index in [9.17, 15) is 19.5 Å². The fourth-order valence-electron chi connectivity index (χ4n) is 3.55. The minimum atomic E-state index is -1.06. The number of amides is 1. The highest BCUT2D eigenvalue weighted by atomic mass is 16.5. The lowest BCUT2D eigenvalue weighted by molar-refractivity contribution is -0.143. The molecule has 1 aromatic carbocycles. The highest BCUT2D eigenvalue weighted by Gasteiger charge is 2.24. The second-order valence-electron chi connectivity index (χ2n) is 7.16. The van der Waals surface area contributed by atoms with E-state index in [0.29, 0.717) is 24.2 Å². The molecule has 0 fully saturated rings. The van der Waals surface area contributed by atoms with Crippen molar-refractivity contribution in [3.8, 4) is 5.75 Å². The number of hydrogen-bond acceptors (Lipinski definition) is 5. The van der Waals surface area contributed by atoms with Crippen molar-refractivity contribution in [3.05, 3.63) is 39.7 Å². The molecule has 2 aromatic rings. The van der Waals surface area contributed by atoms with Crippen LogP contribution in [0.25, 0.3) is 11.0 Å². The van der Waals surface area contributed by atoms with Crippen LogP contribution in [0, 0.1) is 0 Å². The molecule has 2 atom stereocenters. The average molecular weight is 387 g/mol. The fraction of sp³-hybridized carbons (Fsp3) is 0.476. The summed E-state index contributed by atoms with van der Waals surface area (Å²) in [7, 11) is 0. The minimum absolute atomic E-state index is 0.317. The number of rotatable bonds is 8. The lowest BCUT2D eigenvalue weighted by Gasteiger charge is -2.19. The Kier molecular flexibility index (Phi) is 6.02. The number of aliphatic carboxylic acids is 1. The molecule has 1 heterocycles. The van der Waals surface area contributed by atoms with Crippen LogP contribution in [-0.2, 0) is 22.4 Å². The van der Waals surface area contributed by atoms with Crippen molar-refractivity contribution >= 4 is 22.8 Å². The molecule has 1 aliphatic carbocycles. The number of ether oxygens (including phenoxy) is 1. The van der Waals surface area contributed by atoms with Crippen molar-refractivity contribution in [2.24, 2.45) is 0 Å². The standard InChI is InChI=1S/C21H25NO6/c1-3-4-8-17(20(24)25)22-19(23)12(2)27-13-9-10-15-14-6-5-7-16(14)21(26)28-18(15)11-13/h9-12,17H,3-8H2,1-2H3,(H,22,23)(H,24,25)/t12-,17-/m1/s1. The molecular formula is C21H25NO6. The van der Waals surface area contributed by atoms with Crippen LogP contribution in [-0.4, -0.2) is 29.1 Å². The van der Waals surface area contributed by atoms with Gasteiger partial charge in [-0.25, -0.2) is 9.59 Å². The topological polar surface area (TPSA) is 106 Å². The number of nitrogens with one attached hydrogen (secondary N) is 1. The first kappa shape index (κ1) is 19.9. The van der Waals surface area contributed by atoms with E-state index in [1.54, 1.807) is 19.1 Å². The molecular weight excluding hydrogens is 362 g/mol. The van der Waals surface area contributed by atoms with E-state index in [0.717, 1.165) is 42.2 Å². The van der Waals surface area contributed by atoms with E-state index in [4.69, 9.17) is 9.15 Å². The summed E-state index contributed by atoms with van der Waals surface area (Å²) in [6.45, 7) is 3.51. The number of fused-ring (bicyclic) bond motifs is 3. The molecule has 0 unspecified atom stereocenters. The maximum absolute atomic E-state index is 12.3. The third-order valence-corrected chi connectivity index (χ3v) is 5.09. The Balaban J connectivity index is 1.73. The van der Waals surface area contributed by atoms with Crippen LogP contribution in [0.4, 0.5) is 0 Å². The van der Waals surface area contributed by atoms with E-state index >= 15 is 0 Å². The molecule has 1 amide bonds. The van der Waals surface area contributed by atoms with Crippen molar-refractivity contribution in [1.82, 2.24) is 5.32 Å². The predicted octanol–water partition coefficient (Wildman–Crippen LogP) is 2.81. The molecule has 0 aliphatic heterocycles. The SMILES string of the molecule is CCCC[C@@H](NC(=O)[C@@H](C)Oc1ccc2c3c(c(=O)oc2c1)CCC3)C(=O)O. The average Bonchev–Trinajstić information content (AvgIpc) is 3.15. The summed E-state index contributed by atoms with van der Waals surface area (Å²) < 4.78 is 11.1. The van der Waals surface area contributed by atoms with E-state index in [-0.39, 0.29) is 5.63 Å². The number of carboxylic acid groups (broad SMARTS) is 1. The first-order valence-electron chi connectivity index (χ1n) is 9.69. The van der Waals surface area contributed by atoms with Crippen molar-refractivity contribution in [1.29, 1.82) is 0 Å². The molecule has 1 aliphatic rings. The summed E-state index contributed by atoms with van der Waals surface area (Å²) in [5, 5.41) is 12.6. The van der Waals surface area contributed by atoms with Gasteiger partial charge in [0.15, 0.2) is 6.10 Å². The Hall–Kier alpha value is -2.83. The molecule has 7 heteroatoms. The van der Waals surface area contributed by atoms with Gasteiger partial charge in [-0.15, -0.1) is 0 Å². The molecule has 150 valence electrons. The van der Waals surface area contributed by atoms with Gasteiger partial charge in [-0.2, -0.15) is 0 Å². The van der Waals surface area contributed by atoms with Gasteiger partial charge < -0.3 is 19.6 Å². The molecule has 28 heavy (non-hydrogen) atoms. The summed E-state index contributed by atoms with van der Waals surface area (Å²) in [6.07, 6.45) is 3.57. The molecule has 2 N–H and O–H groups in total. The van der Waals surface area contributed by atoms with Gasteiger partial charge in [0.1, 0.15) is 17.4 Å². The van der Waals surface area contributed by atoms with Gasteiger partial charge in [0.25, 0.3) is 5.91 Å². The summed E-state index contributed by atoms with van der Waals surface area (Å²) in [5.74, 6) is -1.17. The molecule has 3 rings (SSSR count). The minimum Gasteiger partial charge on any atom is -0.481 e. The number of unbranched alkanes of at least 4 members (excludes halogenated alkanes) is 1. The van der Waals surface area contributed by atoms with Crippen LogP contribution in [0.1, 0.15) is 50.7 Å². The third-order valence-electron chi connectivity index (χ3n) is 5.09. The zero-order chi connectivity index (χ0) is 20.3. The number of carboxylic acids is 1. The lowest BCUT2D eigenvalue weighted by atomic mass is 10.1. The van der Waals surface area contributed by atoms with Crippen molar-refractivity contribution in [2.45, 2.75) is 64.5 Å². The number of benzene rings is 1. The van der Waals surface area contributed by atoms with Crippen molar-refractivity contribution < 1.29 is 23.8 Å². The highest BCUT2D eigenvalue weighted by Crippen LogP contribution is 2.29. The Morgan fingerprint density at radius 2 is 2.04 bits per heavy atom. The first-order chi connectivity index (χ1) is 13.4. The van der Waals surface area contributed by atoms with Gasteiger partial charge in [0.2, 0.25) is 0 Å². The smallest absolute Gasteiger partial charge is 0.339 e. The molecule has 0 bridgehead atoms. The van der Waals surface area contributed by atoms with Crippen LogP contribution in [0.3, 0.4) is 0 Å². The van der Waals surface area contributed by atoms with E-state index in [1.807, 2.05) is 13.0 Å². The van der Waals surface area contributed by atoms with Gasteiger partial charge in [-0.05, 0) is 50.3 Å². The molecule has 7 nitrogen and oxygen atoms in total. The zero-order valence-corrected chi connectivity index (χ0v) is 16.1. The Morgan fingerprint density at radius 3 is 2.75 bits per heavy atom. The van der Waals surface area contributed by atoms with E-state index in [1.165, 1.54) is 0 Å². The zero-order valence-electron chi connectivity index (χ0n) is 16.1. The van der Waals surface area contributed by atoms with Gasteiger partial charge >= 0.3 is 11.6 Å². The normalized spacial score (nSPS) is 15.1. The predicted molar refractivity (Wildman–Crippen MR) is 104 cm³/mol. The number of carbonyl (C=O) groups excluding carboxylic acids is 1.